The molecule has 0 spiro atoms. The fraction of sp³-hybridized carbons (Fsp3) is 0.405. The monoisotopic (exact) mass is 781 g/mol. The number of sulfonamides is 1. The smallest absolute Gasteiger partial charge is 0.326 e. The Morgan fingerprint density at radius 2 is 1.60 bits per heavy atom. The minimum Gasteiger partial charge on any atom is -0.495 e. The molecule has 15 heteroatoms. The zero-order valence-electron chi connectivity index (χ0n) is 30.8. The van der Waals surface area contributed by atoms with Crippen LogP contribution in [0.5, 0.6) is 5.75 Å². The number of methoxy groups -OCH3 is 2. The van der Waals surface area contributed by atoms with Crippen LogP contribution in [0.1, 0.15) is 50.9 Å². The normalized spacial score (nSPS) is 12.7. The number of benzene rings is 3. The first-order chi connectivity index (χ1) is 24.1. The number of halogens is 4. The molecule has 0 radical (unpaired) electrons. The van der Waals surface area contributed by atoms with Gasteiger partial charge in [0.2, 0.25) is 10.0 Å². The van der Waals surface area contributed by atoms with Gasteiger partial charge in [-0.3, -0.25) is 9.36 Å². The minimum absolute atomic E-state index is 0.0890. The SMILES string of the molecule is COC(=O)C(C)(C)N(CCC[N+](C)(C)C)S(=O)(=O)c1cc(F)c(CSc2ncc(C(C)(C)c3ccc(Cl)c(OC)c3)n2-c2ccc(F)cc2)c(F)c1. The van der Waals surface area contributed by atoms with Crippen LogP contribution < -0.4 is 4.74 Å². The van der Waals surface area contributed by atoms with E-state index in [9.17, 15) is 17.6 Å². The number of hydrogen-bond donors (Lipinski definition) is 0. The van der Waals surface area contributed by atoms with Crippen molar-refractivity contribution in [2.45, 2.75) is 60.9 Å². The van der Waals surface area contributed by atoms with E-state index in [1.165, 1.54) is 33.1 Å². The molecule has 4 aromatic rings. The first-order valence-corrected chi connectivity index (χ1v) is 19.2. The summed E-state index contributed by atoms with van der Waals surface area (Å²) in [6.45, 7) is 7.20. The molecular formula is C37H45ClF3N4O5S2+. The lowest BCUT2D eigenvalue weighted by Gasteiger charge is -2.35. The predicted molar refractivity (Wildman–Crippen MR) is 197 cm³/mol. The van der Waals surface area contributed by atoms with E-state index < -0.39 is 49.3 Å². The van der Waals surface area contributed by atoms with Gasteiger partial charge < -0.3 is 14.0 Å². The lowest BCUT2D eigenvalue weighted by atomic mass is 9.81. The largest absolute Gasteiger partial charge is 0.495 e. The third kappa shape index (κ3) is 8.79. The van der Waals surface area contributed by atoms with E-state index in [2.05, 4.69) is 4.98 Å². The van der Waals surface area contributed by atoms with Gasteiger partial charge >= 0.3 is 5.97 Å². The summed E-state index contributed by atoms with van der Waals surface area (Å²) in [6, 6.07) is 12.7. The van der Waals surface area contributed by atoms with Gasteiger partial charge in [0.25, 0.3) is 0 Å². The number of hydrogen-bond acceptors (Lipinski definition) is 7. The van der Waals surface area contributed by atoms with Crippen LogP contribution in [0.25, 0.3) is 5.69 Å². The summed E-state index contributed by atoms with van der Waals surface area (Å²) < 4.78 is 87.1. The highest BCUT2D eigenvalue weighted by Gasteiger charge is 2.44. The number of aromatic nitrogens is 2. The number of thioether (sulfide) groups is 1. The van der Waals surface area contributed by atoms with E-state index in [0.717, 1.165) is 40.9 Å². The Hall–Kier alpha value is -3.56. The molecule has 52 heavy (non-hydrogen) atoms. The molecule has 4 rings (SSSR count). The second-order valence-electron chi connectivity index (χ2n) is 14.4. The Morgan fingerprint density at radius 1 is 0.981 bits per heavy atom. The van der Waals surface area contributed by atoms with Crippen molar-refractivity contribution in [2.75, 3.05) is 48.5 Å². The molecule has 0 aliphatic rings. The van der Waals surface area contributed by atoms with E-state index in [0.29, 0.717) is 44.8 Å². The van der Waals surface area contributed by atoms with Crippen molar-refractivity contribution in [1.29, 1.82) is 0 Å². The van der Waals surface area contributed by atoms with Crippen molar-refractivity contribution >= 4 is 39.4 Å². The highest BCUT2D eigenvalue weighted by atomic mass is 35.5. The zero-order valence-corrected chi connectivity index (χ0v) is 33.1. The van der Waals surface area contributed by atoms with Gasteiger partial charge in [0.05, 0.1) is 63.7 Å². The molecule has 282 valence electrons. The van der Waals surface area contributed by atoms with E-state index in [1.807, 2.05) is 47.1 Å². The maximum atomic E-state index is 15.8. The second-order valence-corrected chi connectivity index (χ2v) is 17.6. The third-order valence-corrected chi connectivity index (χ3v) is 12.2. The van der Waals surface area contributed by atoms with Gasteiger partial charge in [0.15, 0.2) is 5.16 Å². The summed E-state index contributed by atoms with van der Waals surface area (Å²) in [5.41, 5.74) is -0.660. The van der Waals surface area contributed by atoms with E-state index in [-0.39, 0.29) is 17.9 Å². The summed E-state index contributed by atoms with van der Waals surface area (Å²) in [5, 5.41) is 0.794. The standard InChI is InChI=1S/C37H45ClF3N4O5S2/c1-36(2,24-11-16-29(38)32(19-24)49-8)33-22-42-35(44(33)26-14-12-25(39)13-15-26)51-23-28-30(40)20-27(21-31(28)41)52(47,48)43(17-10-18-45(5,6)7)37(3,4)34(46)50-9/h11-16,19-22H,10,17-18,23H2,1-9H3/q+1. The molecule has 0 amide bonds. The molecule has 0 fully saturated rings. The van der Waals surface area contributed by atoms with Gasteiger partial charge in [-0.25, -0.2) is 26.6 Å². The summed E-state index contributed by atoms with van der Waals surface area (Å²) in [7, 11) is 3.91. The summed E-state index contributed by atoms with van der Waals surface area (Å²) in [6.07, 6.45) is 2.01. The molecule has 9 nitrogen and oxygen atoms in total. The van der Waals surface area contributed by atoms with Gasteiger partial charge in [-0.2, -0.15) is 4.31 Å². The fourth-order valence-corrected chi connectivity index (χ4v) is 8.79. The molecule has 0 unspecified atom stereocenters. The Labute approximate surface area is 313 Å². The van der Waals surface area contributed by atoms with Gasteiger partial charge in [-0.15, -0.1) is 0 Å². The molecule has 0 atom stereocenters. The molecular weight excluding hydrogens is 737 g/mol. The van der Waals surface area contributed by atoms with Crippen LogP contribution >= 0.6 is 23.4 Å². The average Bonchev–Trinajstić information content (AvgIpc) is 3.50. The summed E-state index contributed by atoms with van der Waals surface area (Å²) in [5.74, 6) is -3.20. The van der Waals surface area contributed by atoms with E-state index in [4.69, 9.17) is 21.1 Å². The Morgan fingerprint density at radius 3 is 2.15 bits per heavy atom. The zero-order chi connectivity index (χ0) is 38.8. The van der Waals surface area contributed by atoms with Crippen molar-refractivity contribution in [3.8, 4) is 11.4 Å². The van der Waals surface area contributed by atoms with Crippen molar-refractivity contribution in [2.24, 2.45) is 0 Å². The molecule has 0 saturated heterocycles. The molecule has 1 heterocycles. The highest BCUT2D eigenvalue weighted by Crippen LogP contribution is 2.40. The predicted octanol–water partition coefficient (Wildman–Crippen LogP) is 7.61. The number of nitrogens with zero attached hydrogens (tertiary/aromatic N) is 4. The topological polar surface area (TPSA) is 90.7 Å². The van der Waals surface area contributed by atoms with E-state index >= 15 is 8.78 Å². The van der Waals surface area contributed by atoms with Crippen molar-refractivity contribution in [3.63, 3.8) is 0 Å². The summed E-state index contributed by atoms with van der Waals surface area (Å²) in [4.78, 5) is 16.7. The number of quaternary nitrogens is 1. The van der Waals surface area contributed by atoms with Crippen LogP contribution in [0.4, 0.5) is 13.2 Å². The fourth-order valence-electron chi connectivity index (χ4n) is 5.78. The number of rotatable bonds is 15. The summed E-state index contributed by atoms with van der Waals surface area (Å²) >= 11 is 7.31. The van der Waals surface area contributed by atoms with Crippen molar-refractivity contribution < 1.29 is 40.3 Å². The van der Waals surface area contributed by atoms with Crippen LogP contribution in [-0.4, -0.2) is 86.7 Å². The van der Waals surface area contributed by atoms with Gasteiger partial charge in [0.1, 0.15) is 28.7 Å². The first kappa shape index (κ1) is 41.2. The van der Waals surface area contributed by atoms with Crippen molar-refractivity contribution in [3.05, 3.63) is 100 Å². The van der Waals surface area contributed by atoms with Gasteiger partial charge in [-0.1, -0.05) is 43.3 Å². The number of carbonyl (C=O) groups is 1. The molecule has 0 aliphatic heterocycles. The minimum atomic E-state index is -4.58. The number of esters is 1. The molecule has 3 aromatic carbocycles. The molecule has 1 aromatic heterocycles. The highest BCUT2D eigenvalue weighted by molar-refractivity contribution is 7.98. The van der Waals surface area contributed by atoms with Gasteiger partial charge in [0, 0.05) is 35.4 Å². The lowest BCUT2D eigenvalue weighted by molar-refractivity contribution is -0.870. The lowest BCUT2D eigenvalue weighted by Crippen LogP contribution is -2.54. The van der Waals surface area contributed by atoms with Crippen LogP contribution in [0.2, 0.25) is 5.02 Å². The second kappa shape index (κ2) is 15.8. The molecule has 0 aliphatic carbocycles. The maximum absolute atomic E-state index is 15.8. The number of ether oxygens (including phenoxy) is 2. The Kier molecular flexibility index (Phi) is 12.5. The Balaban J connectivity index is 1.72. The van der Waals surface area contributed by atoms with Crippen LogP contribution in [-0.2, 0) is 30.7 Å². The van der Waals surface area contributed by atoms with Crippen molar-refractivity contribution in [1.82, 2.24) is 13.9 Å². The number of carbonyl (C=O) groups excluding carboxylic acids is 1. The third-order valence-electron chi connectivity index (χ3n) is 8.87. The quantitative estimate of drug-likeness (QED) is 0.0697. The van der Waals surface area contributed by atoms with Gasteiger partial charge in [-0.05, 0) is 67.9 Å². The average molecular weight is 782 g/mol. The molecule has 0 N–H and O–H groups in total. The molecule has 0 bridgehead atoms. The first-order valence-electron chi connectivity index (χ1n) is 16.4. The molecule has 0 saturated carbocycles. The van der Waals surface area contributed by atoms with E-state index in [1.54, 1.807) is 29.0 Å². The van der Waals surface area contributed by atoms with Crippen LogP contribution in [0.3, 0.4) is 0 Å². The van der Waals surface area contributed by atoms with Crippen LogP contribution in [0, 0.1) is 17.5 Å². The Bertz CT molecular complexity index is 2010. The van der Waals surface area contributed by atoms with Crippen LogP contribution in [0.15, 0.2) is 70.8 Å². The number of imidazole rings is 1. The maximum Gasteiger partial charge on any atom is 0.326 e.